The SMILES string of the molecule is CC(C)(C)OC(=O)NCCCOC(=O)/C=C/c1ccc(C(F)(F)F)cc1. The van der Waals surface area contributed by atoms with E-state index in [0.29, 0.717) is 12.0 Å². The van der Waals surface area contributed by atoms with Crippen LogP contribution in [0.25, 0.3) is 6.08 Å². The predicted octanol–water partition coefficient (Wildman–Crippen LogP) is 4.18. The van der Waals surface area contributed by atoms with E-state index in [9.17, 15) is 22.8 Å². The molecule has 8 heteroatoms. The smallest absolute Gasteiger partial charge is 0.416 e. The van der Waals surface area contributed by atoms with Gasteiger partial charge in [-0.15, -0.1) is 0 Å². The second kappa shape index (κ2) is 9.26. The first-order valence-corrected chi connectivity index (χ1v) is 7.96. The van der Waals surface area contributed by atoms with Crippen LogP contribution in [0.1, 0.15) is 38.3 Å². The van der Waals surface area contributed by atoms with Crippen LogP contribution in [-0.4, -0.2) is 30.8 Å². The van der Waals surface area contributed by atoms with Crippen LogP contribution in [0, 0.1) is 0 Å². The monoisotopic (exact) mass is 373 g/mol. The zero-order chi connectivity index (χ0) is 19.8. The van der Waals surface area contributed by atoms with Crippen LogP contribution >= 0.6 is 0 Å². The van der Waals surface area contributed by atoms with Crippen LogP contribution in [0.4, 0.5) is 18.0 Å². The molecule has 1 aromatic rings. The van der Waals surface area contributed by atoms with Crippen molar-refractivity contribution in [1.82, 2.24) is 5.32 Å². The molecule has 0 aliphatic rings. The lowest BCUT2D eigenvalue weighted by Gasteiger charge is -2.19. The number of nitrogens with one attached hydrogen (secondary N) is 1. The Morgan fingerprint density at radius 3 is 2.27 bits per heavy atom. The molecule has 0 aliphatic heterocycles. The van der Waals surface area contributed by atoms with E-state index in [2.05, 4.69) is 5.32 Å². The van der Waals surface area contributed by atoms with Crippen molar-refractivity contribution in [3.63, 3.8) is 0 Å². The third kappa shape index (κ3) is 9.10. The average molecular weight is 373 g/mol. The lowest BCUT2D eigenvalue weighted by Crippen LogP contribution is -2.33. The van der Waals surface area contributed by atoms with E-state index in [-0.39, 0.29) is 13.2 Å². The molecule has 5 nitrogen and oxygen atoms in total. The number of carbonyl (C=O) groups is 2. The lowest BCUT2D eigenvalue weighted by molar-refractivity contribution is -0.138. The number of carbonyl (C=O) groups excluding carboxylic acids is 2. The molecule has 0 unspecified atom stereocenters. The molecule has 1 rings (SSSR count). The van der Waals surface area contributed by atoms with E-state index < -0.39 is 29.4 Å². The van der Waals surface area contributed by atoms with Gasteiger partial charge in [0.25, 0.3) is 0 Å². The van der Waals surface area contributed by atoms with E-state index in [4.69, 9.17) is 9.47 Å². The quantitative estimate of drug-likeness (QED) is 0.462. The number of esters is 1. The van der Waals surface area contributed by atoms with Crippen LogP contribution in [0.5, 0.6) is 0 Å². The summed E-state index contributed by atoms with van der Waals surface area (Å²) in [4.78, 5) is 22.9. The second-order valence-electron chi connectivity index (χ2n) is 6.40. The van der Waals surface area contributed by atoms with Crippen molar-refractivity contribution in [2.75, 3.05) is 13.2 Å². The Bertz CT molecular complexity index is 631. The molecule has 0 aliphatic carbocycles. The van der Waals surface area contributed by atoms with Crippen molar-refractivity contribution in [2.24, 2.45) is 0 Å². The Hall–Kier alpha value is -2.51. The number of ether oxygens (including phenoxy) is 2. The van der Waals surface area contributed by atoms with Gasteiger partial charge in [-0.3, -0.25) is 0 Å². The van der Waals surface area contributed by atoms with Gasteiger partial charge in [0.2, 0.25) is 0 Å². The molecule has 0 radical (unpaired) electrons. The van der Waals surface area contributed by atoms with Gasteiger partial charge in [0.15, 0.2) is 0 Å². The zero-order valence-corrected chi connectivity index (χ0v) is 14.9. The fourth-order valence-corrected chi connectivity index (χ4v) is 1.75. The van der Waals surface area contributed by atoms with Crippen molar-refractivity contribution in [3.05, 3.63) is 41.5 Å². The maximum Gasteiger partial charge on any atom is 0.416 e. The van der Waals surface area contributed by atoms with E-state index in [1.54, 1.807) is 20.8 Å². The molecule has 1 N–H and O–H groups in total. The Morgan fingerprint density at radius 1 is 1.12 bits per heavy atom. The number of alkyl carbamates (subject to hydrolysis) is 1. The summed E-state index contributed by atoms with van der Waals surface area (Å²) in [6.07, 6.45) is -2.05. The van der Waals surface area contributed by atoms with Crippen molar-refractivity contribution < 1.29 is 32.2 Å². The minimum Gasteiger partial charge on any atom is -0.462 e. The topological polar surface area (TPSA) is 64.6 Å². The van der Waals surface area contributed by atoms with Gasteiger partial charge in [-0.05, 0) is 51.0 Å². The number of hydrogen-bond donors (Lipinski definition) is 1. The molecule has 26 heavy (non-hydrogen) atoms. The van der Waals surface area contributed by atoms with Gasteiger partial charge >= 0.3 is 18.2 Å². The number of amides is 1. The molecule has 0 bridgehead atoms. The van der Waals surface area contributed by atoms with Crippen LogP contribution in [0.3, 0.4) is 0 Å². The standard InChI is InChI=1S/C18H22F3NO4/c1-17(2,3)26-16(24)22-11-4-12-25-15(23)10-7-13-5-8-14(9-6-13)18(19,20)21/h5-10H,4,11-12H2,1-3H3,(H,22,24)/b10-7+. The van der Waals surface area contributed by atoms with Crippen LogP contribution in [0.2, 0.25) is 0 Å². The average Bonchev–Trinajstić information content (AvgIpc) is 2.50. The van der Waals surface area contributed by atoms with Crippen molar-refractivity contribution in [1.29, 1.82) is 0 Å². The number of rotatable bonds is 6. The molecule has 0 fully saturated rings. The molecule has 1 aromatic carbocycles. The van der Waals surface area contributed by atoms with Crippen molar-refractivity contribution >= 4 is 18.1 Å². The number of hydrogen-bond acceptors (Lipinski definition) is 4. The third-order valence-corrected chi connectivity index (χ3v) is 2.88. The summed E-state index contributed by atoms with van der Waals surface area (Å²) in [6, 6.07) is 4.40. The summed E-state index contributed by atoms with van der Waals surface area (Å²) in [5.74, 6) is -0.623. The first-order chi connectivity index (χ1) is 12.0. The first-order valence-electron chi connectivity index (χ1n) is 7.96. The molecule has 1 amide bonds. The second-order valence-corrected chi connectivity index (χ2v) is 6.40. The van der Waals surface area contributed by atoms with Gasteiger partial charge in [-0.1, -0.05) is 12.1 Å². The highest BCUT2D eigenvalue weighted by Crippen LogP contribution is 2.29. The Morgan fingerprint density at radius 2 is 1.73 bits per heavy atom. The highest BCUT2D eigenvalue weighted by atomic mass is 19.4. The van der Waals surface area contributed by atoms with Crippen LogP contribution in [-0.2, 0) is 20.4 Å². The Balaban J connectivity index is 2.28. The fraction of sp³-hybridized carbons (Fsp3) is 0.444. The van der Waals surface area contributed by atoms with E-state index in [0.717, 1.165) is 18.2 Å². The highest BCUT2D eigenvalue weighted by Gasteiger charge is 2.29. The molecular weight excluding hydrogens is 351 g/mol. The van der Waals surface area contributed by atoms with Crippen LogP contribution in [0.15, 0.2) is 30.3 Å². The van der Waals surface area contributed by atoms with Gasteiger partial charge in [0.05, 0.1) is 12.2 Å². The minimum absolute atomic E-state index is 0.0893. The number of alkyl halides is 3. The van der Waals surface area contributed by atoms with Crippen molar-refractivity contribution in [3.8, 4) is 0 Å². The largest absolute Gasteiger partial charge is 0.462 e. The van der Waals surface area contributed by atoms with Gasteiger partial charge in [0.1, 0.15) is 5.60 Å². The van der Waals surface area contributed by atoms with Crippen LogP contribution < -0.4 is 5.32 Å². The molecular formula is C18H22F3NO4. The predicted molar refractivity (Wildman–Crippen MR) is 90.3 cm³/mol. The summed E-state index contributed by atoms with van der Waals surface area (Å²) < 4.78 is 47.3. The normalized spacial score (nSPS) is 12.1. The van der Waals surface area contributed by atoms with E-state index >= 15 is 0 Å². The molecule has 0 heterocycles. The van der Waals surface area contributed by atoms with Crippen molar-refractivity contribution in [2.45, 2.75) is 39.0 Å². The summed E-state index contributed by atoms with van der Waals surface area (Å²) >= 11 is 0. The molecule has 0 saturated carbocycles. The maximum absolute atomic E-state index is 12.4. The maximum atomic E-state index is 12.4. The fourth-order valence-electron chi connectivity index (χ4n) is 1.75. The zero-order valence-electron chi connectivity index (χ0n) is 14.9. The molecule has 0 spiro atoms. The lowest BCUT2D eigenvalue weighted by atomic mass is 10.1. The van der Waals surface area contributed by atoms with Gasteiger partial charge in [-0.25, -0.2) is 9.59 Å². The number of halogens is 3. The Kier molecular flexibility index (Phi) is 7.67. The number of benzene rings is 1. The van der Waals surface area contributed by atoms with Gasteiger partial charge in [0, 0.05) is 12.6 Å². The summed E-state index contributed by atoms with van der Waals surface area (Å²) in [5.41, 5.74) is -0.893. The first kappa shape index (κ1) is 21.5. The summed E-state index contributed by atoms with van der Waals surface area (Å²) in [7, 11) is 0. The molecule has 144 valence electrons. The third-order valence-electron chi connectivity index (χ3n) is 2.88. The summed E-state index contributed by atoms with van der Waals surface area (Å²) in [5, 5.41) is 2.53. The van der Waals surface area contributed by atoms with Gasteiger partial charge < -0.3 is 14.8 Å². The minimum atomic E-state index is -4.39. The van der Waals surface area contributed by atoms with E-state index in [1.807, 2.05) is 0 Å². The highest BCUT2D eigenvalue weighted by molar-refractivity contribution is 5.87. The summed E-state index contributed by atoms with van der Waals surface area (Å²) in [6.45, 7) is 5.61. The molecule has 0 aromatic heterocycles. The Labute approximate surface area is 150 Å². The molecule has 0 saturated heterocycles. The van der Waals surface area contributed by atoms with Gasteiger partial charge in [-0.2, -0.15) is 13.2 Å². The van der Waals surface area contributed by atoms with E-state index in [1.165, 1.54) is 18.2 Å². The molecule has 0 atom stereocenters.